The van der Waals surface area contributed by atoms with Crippen LogP contribution in [0.25, 0.3) is 5.57 Å². The predicted octanol–water partition coefficient (Wildman–Crippen LogP) is 5.32. The molecule has 0 spiro atoms. The van der Waals surface area contributed by atoms with Crippen LogP contribution in [0.15, 0.2) is 79.0 Å². The van der Waals surface area contributed by atoms with Crippen LogP contribution >= 0.6 is 0 Å². The van der Waals surface area contributed by atoms with Crippen LogP contribution in [0.4, 0.5) is 16.2 Å². The number of nitrogens with one attached hydrogen (secondary N) is 2. The van der Waals surface area contributed by atoms with E-state index >= 15 is 0 Å². The van der Waals surface area contributed by atoms with Crippen LogP contribution in [0, 0.1) is 0 Å². The van der Waals surface area contributed by atoms with Gasteiger partial charge in [0.05, 0.1) is 0 Å². The number of carbonyl (C=O) groups excluding carboxylic acids is 1. The van der Waals surface area contributed by atoms with Gasteiger partial charge in [0, 0.05) is 17.1 Å². The molecule has 0 unspecified atom stereocenters. The minimum absolute atomic E-state index is 0.266. The molecule has 134 valence electrons. The molecule has 0 atom stereocenters. The lowest BCUT2D eigenvalue weighted by atomic mass is 10.0. The van der Waals surface area contributed by atoms with Crippen molar-refractivity contribution >= 4 is 23.0 Å². The second-order valence-corrected chi connectivity index (χ2v) is 5.91. The number of rotatable bonds is 6. The number of amides is 2. The van der Waals surface area contributed by atoms with Crippen LogP contribution in [-0.4, -0.2) is 6.03 Å². The second kappa shape index (κ2) is 9.28. The highest BCUT2D eigenvalue weighted by Gasteiger charge is 2.06. The van der Waals surface area contributed by atoms with Gasteiger partial charge in [-0.25, -0.2) is 4.79 Å². The third-order valence-corrected chi connectivity index (χ3v) is 3.80. The number of anilines is 2. The molecule has 2 rings (SSSR count). The fourth-order valence-electron chi connectivity index (χ4n) is 2.58. The van der Waals surface area contributed by atoms with Gasteiger partial charge in [0.15, 0.2) is 0 Å². The molecular formula is C22H25N3O. The maximum absolute atomic E-state index is 12.2. The fraction of sp³-hybridized carbons (Fsp3) is 0.136. The molecule has 0 heterocycles. The number of aryl methyl sites for hydroxylation is 1. The molecule has 0 aromatic heterocycles. The summed E-state index contributed by atoms with van der Waals surface area (Å²) in [6.45, 7) is 7.63. The molecule has 0 aliphatic carbocycles. The van der Waals surface area contributed by atoms with Gasteiger partial charge < -0.3 is 16.4 Å². The molecule has 4 nitrogen and oxygen atoms in total. The Bertz CT molecular complexity index is 829. The predicted molar refractivity (Wildman–Crippen MR) is 111 cm³/mol. The largest absolute Gasteiger partial charge is 0.402 e. The Kier molecular flexibility index (Phi) is 6.80. The van der Waals surface area contributed by atoms with Crippen LogP contribution in [0.1, 0.15) is 25.0 Å². The Hall–Kier alpha value is -3.27. The summed E-state index contributed by atoms with van der Waals surface area (Å²) >= 11 is 0. The number of hydrogen-bond acceptors (Lipinski definition) is 2. The Balaban J connectivity index is 2.09. The molecule has 0 aliphatic rings. The van der Waals surface area contributed by atoms with Gasteiger partial charge in [-0.2, -0.15) is 0 Å². The number of urea groups is 1. The molecule has 2 aromatic carbocycles. The third kappa shape index (κ3) is 5.38. The molecular weight excluding hydrogens is 322 g/mol. The first kappa shape index (κ1) is 19.1. The van der Waals surface area contributed by atoms with E-state index in [-0.39, 0.29) is 6.03 Å². The number of nitrogens with two attached hydrogens (primary N) is 1. The summed E-state index contributed by atoms with van der Waals surface area (Å²) in [5, 5.41) is 5.74. The zero-order chi connectivity index (χ0) is 18.9. The Labute approximate surface area is 155 Å². The van der Waals surface area contributed by atoms with E-state index in [0.717, 1.165) is 28.8 Å². The summed E-state index contributed by atoms with van der Waals surface area (Å²) in [7, 11) is 0. The van der Waals surface area contributed by atoms with Gasteiger partial charge in [0.1, 0.15) is 0 Å². The molecule has 0 radical (unpaired) electrons. The minimum Gasteiger partial charge on any atom is -0.402 e. The number of benzene rings is 2. The van der Waals surface area contributed by atoms with Crippen molar-refractivity contribution in [1.29, 1.82) is 0 Å². The van der Waals surface area contributed by atoms with E-state index in [4.69, 9.17) is 5.73 Å². The van der Waals surface area contributed by atoms with Crippen molar-refractivity contribution in [2.45, 2.75) is 20.3 Å². The van der Waals surface area contributed by atoms with Crippen molar-refractivity contribution in [2.75, 3.05) is 10.6 Å². The summed E-state index contributed by atoms with van der Waals surface area (Å²) in [6.07, 6.45) is 6.36. The highest BCUT2D eigenvalue weighted by molar-refractivity contribution is 6.00. The molecule has 2 aromatic rings. The first-order valence-electron chi connectivity index (χ1n) is 8.56. The van der Waals surface area contributed by atoms with Crippen molar-refractivity contribution in [3.8, 4) is 0 Å². The van der Waals surface area contributed by atoms with Crippen LogP contribution in [0.3, 0.4) is 0 Å². The summed E-state index contributed by atoms with van der Waals surface area (Å²) in [5.74, 6) is 0. The molecule has 0 fully saturated rings. The number of allylic oxidation sites excluding steroid dienone is 5. The lowest BCUT2D eigenvalue weighted by Gasteiger charge is -2.11. The molecule has 2 amide bonds. The Morgan fingerprint density at radius 1 is 1.12 bits per heavy atom. The quantitative estimate of drug-likeness (QED) is 0.619. The summed E-state index contributed by atoms with van der Waals surface area (Å²) < 4.78 is 0. The van der Waals surface area contributed by atoms with E-state index in [1.165, 1.54) is 0 Å². The van der Waals surface area contributed by atoms with E-state index in [2.05, 4.69) is 24.1 Å². The number of para-hydroxylation sites is 1. The zero-order valence-electron chi connectivity index (χ0n) is 15.3. The average molecular weight is 347 g/mol. The average Bonchev–Trinajstić information content (AvgIpc) is 2.62. The van der Waals surface area contributed by atoms with Gasteiger partial charge in [-0.3, -0.25) is 0 Å². The first-order valence-corrected chi connectivity index (χ1v) is 8.56. The van der Waals surface area contributed by atoms with Crippen molar-refractivity contribution in [2.24, 2.45) is 5.73 Å². The normalized spacial score (nSPS) is 11.8. The number of hydrogen-bond donors (Lipinski definition) is 3. The minimum atomic E-state index is -0.266. The molecule has 26 heavy (non-hydrogen) atoms. The lowest BCUT2D eigenvalue weighted by Crippen LogP contribution is -2.20. The smallest absolute Gasteiger partial charge is 0.323 e. The molecule has 4 heteroatoms. The van der Waals surface area contributed by atoms with E-state index in [9.17, 15) is 4.79 Å². The van der Waals surface area contributed by atoms with Crippen LogP contribution in [0.5, 0.6) is 0 Å². The highest BCUT2D eigenvalue weighted by atomic mass is 16.2. The van der Waals surface area contributed by atoms with Crippen LogP contribution in [-0.2, 0) is 6.42 Å². The Morgan fingerprint density at radius 2 is 1.81 bits per heavy atom. The topological polar surface area (TPSA) is 67.1 Å². The molecule has 0 bridgehead atoms. The third-order valence-electron chi connectivity index (χ3n) is 3.80. The van der Waals surface area contributed by atoms with Gasteiger partial charge in [-0.05, 0) is 54.3 Å². The van der Waals surface area contributed by atoms with Gasteiger partial charge in [0.25, 0.3) is 0 Å². The summed E-state index contributed by atoms with van der Waals surface area (Å²) in [4.78, 5) is 12.2. The monoisotopic (exact) mass is 347 g/mol. The first-order chi connectivity index (χ1) is 12.5. The standard InChI is InChI=1S/C22H25N3O/c1-4-8-19(15-16(3)23)18-11-13-20(14-12-18)24-22(26)25-21-10-7-6-9-17(21)5-2/h4,6-15H,1,5,23H2,2-3H3,(H2,24,25,26)/b16-15-,19-8+. The lowest BCUT2D eigenvalue weighted by molar-refractivity contribution is 0.262. The van der Waals surface area contributed by atoms with Gasteiger partial charge in [-0.15, -0.1) is 0 Å². The van der Waals surface area contributed by atoms with E-state index < -0.39 is 0 Å². The fourth-order valence-corrected chi connectivity index (χ4v) is 2.58. The summed E-state index contributed by atoms with van der Waals surface area (Å²) in [6, 6.07) is 15.1. The van der Waals surface area contributed by atoms with Crippen molar-refractivity contribution in [3.05, 3.63) is 90.2 Å². The summed E-state index contributed by atoms with van der Waals surface area (Å²) in [5.41, 5.74) is 11.1. The van der Waals surface area contributed by atoms with Crippen molar-refractivity contribution in [1.82, 2.24) is 0 Å². The maximum atomic E-state index is 12.2. The van der Waals surface area contributed by atoms with Crippen molar-refractivity contribution < 1.29 is 4.79 Å². The van der Waals surface area contributed by atoms with E-state index in [0.29, 0.717) is 11.4 Å². The molecule has 0 saturated carbocycles. The van der Waals surface area contributed by atoms with E-state index in [1.807, 2.05) is 67.6 Å². The Morgan fingerprint density at radius 3 is 2.42 bits per heavy atom. The van der Waals surface area contributed by atoms with Gasteiger partial charge in [0.2, 0.25) is 0 Å². The molecule has 4 N–H and O–H groups in total. The molecule has 0 aliphatic heterocycles. The number of carbonyl (C=O) groups is 1. The van der Waals surface area contributed by atoms with Gasteiger partial charge in [-0.1, -0.05) is 56.0 Å². The second-order valence-electron chi connectivity index (χ2n) is 5.91. The zero-order valence-corrected chi connectivity index (χ0v) is 15.3. The van der Waals surface area contributed by atoms with Crippen LogP contribution in [0.2, 0.25) is 0 Å². The van der Waals surface area contributed by atoms with Crippen LogP contribution < -0.4 is 16.4 Å². The molecule has 0 saturated heterocycles. The highest BCUT2D eigenvalue weighted by Crippen LogP contribution is 2.20. The SMILES string of the molecule is C=C/C=C(\C=C(\C)N)c1ccc(NC(=O)Nc2ccccc2CC)cc1. The van der Waals surface area contributed by atoms with E-state index in [1.54, 1.807) is 6.08 Å². The van der Waals surface area contributed by atoms with Gasteiger partial charge >= 0.3 is 6.03 Å². The van der Waals surface area contributed by atoms with Crippen molar-refractivity contribution in [3.63, 3.8) is 0 Å². The maximum Gasteiger partial charge on any atom is 0.323 e.